The van der Waals surface area contributed by atoms with Crippen LogP contribution in [0.1, 0.15) is 11.1 Å². The van der Waals surface area contributed by atoms with Crippen molar-refractivity contribution in [1.82, 2.24) is 0 Å². The van der Waals surface area contributed by atoms with Gasteiger partial charge in [0.2, 0.25) is 0 Å². The molecule has 0 aliphatic carbocycles. The molecule has 0 atom stereocenters. The van der Waals surface area contributed by atoms with Gasteiger partial charge in [0, 0.05) is 5.92 Å². The van der Waals surface area contributed by atoms with Crippen LogP contribution in [0, 0.1) is 11.8 Å². The number of primary amides is 1. The van der Waals surface area contributed by atoms with Gasteiger partial charge in [-0.05, 0) is 17.7 Å². The topological polar surface area (TPSA) is 89.6 Å². The number of carbonyl (C=O) groups excluding carboxylic acids is 1. The van der Waals surface area contributed by atoms with Crippen LogP contribution in [-0.2, 0) is 16.0 Å². The second-order valence-corrected chi connectivity index (χ2v) is 3.22. The van der Waals surface area contributed by atoms with E-state index in [1.165, 1.54) is 7.11 Å². The lowest BCUT2D eigenvalue weighted by atomic mass is 10.1. The molecule has 1 rings (SSSR count). The molecule has 0 radical (unpaired) electrons. The number of carboxylic acid groups (broad SMARTS) is 1. The second kappa shape index (κ2) is 5.56. The van der Waals surface area contributed by atoms with E-state index >= 15 is 0 Å². The Hall–Kier alpha value is -2.48. The highest BCUT2D eigenvalue weighted by Gasteiger charge is 2.05. The summed E-state index contributed by atoms with van der Waals surface area (Å²) in [5, 5.41) is 8.66. The van der Waals surface area contributed by atoms with Crippen LogP contribution in [0.25, 0.3) is 0 Å². The predicted octanol–water partition coefficient (Wildman–Crippen LogP) is 0.159. The van der Waals surface area contributed by atoms with Gasteiger partial charge in [0.25, 0.3) is 5.91 Å². The van der Waals surface area contributed by atoms with Gasteiger partial charge >= 0.3 is 5.97 Å². The molecule has 0 unspecified atom stereocenters. The average molecular weight is 233 g/mol. The van der Waals surface area contributed by atoms with E-state index in [9.17, 15) is 9.59 Å². The summed E-state index contributed by atoms with van der Waals surface area (Å²) in [5.74, 6) is 3.48. The zero-order valence-electron chi connectivity index (χ0n) is 9.19. The number of aliphatic carboxylic acids is 1. The third-order valence-corrected chi connectivity index (χ3v) is 1.94. The number of carbonyl (C=O) groups is 2. The Labute approximate surface area is 98.2 Å². The number of hydrogen-bond acceptors (Lipinski definition) is 3. The molecule has 1 aromatic rings. The maximum Gasteiger partial charge on any atom is 0.307 e. The predicted molar refractivity (Wildman–Crippen MR) is 60.4 cm³/mol. The number of methoxy groups -OCH3 is 1. The molecule has 0 aromatic heterocycles. The van der Waals surface area contributed by atoms with Crippen LogP contribution in [0.2, 0.25) is 0 Å². The largest absolute Gasteiger partial charge is 0.495 e. The van der Waals surface area contributed by atoms with Crippen LogP contribution in [0.3, 0.4) is 0 Å². The Kier molecular flexibility index (Phi) is 4.12. The SMILES string of the molecule is COc1ccc(CC(=O)O)cc1C#CC(N)=O. The quantitative estimate of drug-likeness (QED) is 0.728. The summed E-state index contributed by atoms with van der Waals surface area (Å²) in [7, 11) is 1.46. The van der Waals surface area contributed by atoms with E-state index < -0.39 is 11.9 Å². The fraction of sp³-hybridized carbons (Fsp3) is 0.167. The van der Waals surface area contributed by atoms with Gasteiger partial charge in [-0.25, -0.2) is 0 Å². The van der Waals surface area contributed by atoms with Crippen LogP contribution in [0.4, 0.5) is 0 Å². The van der Waals surface area contributed by atoms with Crippen molar-refractivity contribution in [1.29, 1.82) is 0 Å². The molecule has 0 heterocycles. The van der Waals surface area contributed by atoms with Crippen molar-refractivity contribution in [3.63, 3.8) is 0 Å². The fourth-order valence-corrected chi connectivity index (χ4v) is 1.27. The summed E-state index contributed by atoms with van der Waals surface area (Å²) in [4.78, 5) is 21.1. The minimum atomic E-state index is -0.941. The smallest absolute Gasteiger partial charge is 0.307 e. The zero-order chi connectivity index (χ0) is 12.8. The highest BCUT2D eigenvalue weighted by Crippen LogP contribution is 2.19. The molecule has 0 aliphatic heterocycles. The first kappa shape index (κ1) is 12.6. The molecule has 5 heteroatoms. The fourth-order valence-electron chi connectivity index (χ4n) is 1.27. The van der Waals surface area contributed by atoms with Gasteiger partial charge < -0.3 is 15.6 Å². The van der Waals surface area contributed by atoms with Crippen LogP contribution in [0.15, 0.2) is 18.2 Å². The van der Waals surface area contributed by atoms with Gasteiger partial charge in [0.1, 0.15) is 5.75 Å². The van der Waals surface area contributed by atoms with Crippen LogP contribution in [-0.4, -0.2) is 24.1 Å². The van der Waals surface area contributed by atoms with Gasteiger partial charge in [-0.1, -0.05) is 12.0 Å². The minimum absolute atomic E-state index is 0.116. The highest BCUT2D eigenvalue weighted by molar-refractivity contribution is 5.92. The molecule has 17 heavy (non-hydrogen) atoms. The molecule has 5 nitrogen and oxygen atoms in total. The molecule has 3 N–H and O–H groups in total. The van der Waals surface area contributed by atoms with Crippen molar-refractivity contribution in [3.05, 3.63) is 29.3 Å². The van der Waals surface area contributed by atoms with Crippen LogP contribution < -0.4 is 10.5 Å². The van der Waals surface area contributed by atoms with Gasteiger partial charge in [0.05, 0.1) is 19.1 Å². The first-order chi connectivity index (χ1) is 8.02. The molecule has 0 spiro atoms. The van der Waals surface area contributed by atoms with E-state index in [4.69, 9.17) is 15.6 Å². The summed E-state index contributed by atoms with van der Waals surface area (Å²) in [6.45, 7) is 0. The first-order valence-electron chi connectivity index (χ1n) is 4.73. The number of ether oxygens (including phenoxy) is 1. The zero-order valence-corrected chi connectivity index (χ0v) is 9.19. The molecule has 0 saturated heterocycles. The van der Waals surface area contributed by atoms with Crippen molar-refractivity contribution >= 4 is 11.9 Å². The number of hydrogen-bond donors (Lipinski definition) is 2. The van der Waals surface area contributed by atoms with Gasteiger partial charge in [-0.15, -0.1) is 0 Å². The van der Waals surface area contributed by atoms with E-state index in [0.29, 0.717) is 16.9 Å². The molecule has 0 saturated carbocycles. The Morgan fingerprint density at radius 2 is 2.18 bits per heavy atom. The molecular weight excluding hydrogens is 222 g/mol. The van der Waals surface area contributed by atoms with Crippen molar-refractivity contribution in [2.45, 2.75) is 6.42 Å². The maximum atomic E-state index is 10.6. The van der Waals surface area contributed by atoms with Gasteiger partial charge in [0.15, 0.2) is 0 Å². The number of rotatable bonds is 3. The molecule has 0 aliphatic rings. The van der Waals surface area contributed by atoms with E-state index in [1.807, 2.05) is 0 Å². The molecule has 1 aromatic carbocycles. The minimum Gasteiger partial charge on any atom is -0.495 e. The van der Waals surface area contributed by atoms with Crippen LogP contribution in [0.5, 0.6) is 5.75 Å². The Balaban J connectivity index is 3.12. The van der Waals surface area contributed by atoms with Crippen molar-refractivity contribution in [2.75, 3.05) is 7.11 Å². The summed E-state index contributed by atoms with van der Waals surface area (Å²) in [5.41, 5.74) is 5.91. The average Bonchev–Trinajstić information content (AvgIpc) is 2.25. The molecule has 0 bridgehead atoms. The van der Waals surface area contributed by atoms with Crippen LogP contribution >= 0.6 is 0 Å². The Morgan fingerprint density at radius 3 is 2.71 bits per heavy atom. The number of carboxylic acids is 1. The lowest BCUT2D eigenvalue weighted by molar-refractivity contribution is -0.136. The highest BCUT2D eigenvalue weighted by atomic mass is 16.5. The normalized spacial score (nSPS) is 9.00. The standard InChI is InChI=1S/C12H11NO4/c1-17-10-4-2-8(7-12(15)16)6-9(10)3-5-11(13)14/h2,4,6H,7H2,1H3,(H2,13,14)(H,15,16). The first-order valence-corrected chi connectivity index (χ1v) is 4.73. The number of nitrogens with two attached hydrogens (primary N) is 1. The Morgan fingerprint density at radius 1 is 1.47 bits per heavy atom. The molecule has 0 fully saturated rings. The maximum absolute atomic E-state index is 10.6. The molecule has 1 amide bonds. The lowest BCUT2D eigenvalue weighted by Crippen LogP contribution is -2.06. The van der Waals surface area contributed by atoms with E-state index in [-0.39, 0.29) is 6.42 Å². The third kappa shape index (κ3) is 3.87. The van der Waals surface area contributed by atoms with E-state index in [0.717, 1.165) is 0 Å². The second-order valence-electron chi connectivity index (χ2n) is 3.22. The van der Waals surface area contributed by atoms with E-state index in [1.54, 1.807) is 18.2 Å². The van der Waals surface area contributed by atoms with Crippen molar-refractivity contribution < 1.29 is 19.4 Å². The van der Waals surface area contributed by atoms with Gasteiger partial charge in [-0.3, -0.25) is 9.59 Å². The van der Waals surface area contributed by atoms with E-state index in [2.05, 4.69) is 11.8 Å². The van der Waals surface area contributed by atoms with Crippen molar-refractivity contribution in [2.24, 2.45) is 5.73 Å². The molecule has 88 valence electrons. The number of amides is 1. The summed E-state index contributed by atoms with van der Waals surface area (Å²) < 4.78 is 5.04. The monoisotopic (exact) mass is 233 g/mol. The summed E-state index contributed by atoms with van der Waals surface area (Å²) >= 11 is 0. The lowest BCUT2D eigenvalue weighted by Gasteiger charge is -2.04. The molecular formula is C12H11NO4. The van der Waals surface area contributed by atoms with Crippen molar-refractivity contribution in [3.8, 4) is 17.6 Å². The van der Waals surface area contributed by atoms with Gasteiger partial charge in [-0.2, -0.15) is 0 Å². The number of benzene rings is 1. The summed E-state index contributed by atoms with van der Waals surface area (Å²) in [6.07, 6.45) is -0.116. The summed E-state index contributed by atoms with van der Waals surface area (Å²) in [6, 6.07) is 4.79. The third-order valence-electron chi connectivity index (χ3n) is 1.94. The Bertz CT molecular complexity index is 511.